The summed E-state index contributed by atoms with van der Waals surface area (Å²) in [5, 5.41) is 7.54. The summed E-state index contributed by atoms with van der Waals surface area (Å²) < 4.78 is 5.59. The molecule has 3 aliphatic carbocycles. The van der Waals surface area contributed by atoms with Crippen molar-refractivity contribution in [1.29, 1.82) is 0 Å². The normalized spacial score (nSPS) is 28.3. The smallest absolute Gasteiger partial charge is 0.229 e. The molecule has 0 atom stereocenters. The lowest BCUT2D eigenvalue weighted by Crippen LogP contribution is -2.40. The molecule has 0 unspecified atom stereocenters. The largest absolute Gasteiger partial charge is 0.353 e. The average molecular weight is 360 g/mol. The summed E-state index contributed by atoms with van der Waals surface area (Å²) >= 11 is 0. The monoisotopic (exact) mass is 359 g/mol. The Balaban J connectivity index is 1.23. The van der Waals surface area contributed by atoms with Crippen molar-refractivity contribution in [3.63, 3.8) is 0 Å². The molecule has 5 nitrogen and oxygen atoms in total. The van der Waals surface area contributed by atoms with Gasteiger partial charge >= 0.3 is 0 Å². The van der Waals surface area contributed by atoms with E-state index in [4.69, 9.17) is 9.51 Å². The van der Waals surface area contributed by atoms with Crippen LogP contribution in [0.5, 0.6) is 0 Å². The topological polar surface area (TPSA) is 68.0 Å². The van der Waals surface area contributed by atoms with Crippen LogP contribution in [0.4, 0.5) is 0 Å². The third kappa shape index (κ3) is 4.47. The van der Waals surface area contributed by atoms with Gasteiger partial charge in [-0.15, -0.1) is 0 Å². The first-order chi connectivity index (χ1) is 12.8. The summed E-state index contributed by atoms with van der Waals surface area (Å²) in [6.07, 6.45) is 16.4. The molecular formula is C21H33N3O2. The van der Waals surface area contributed by atoms with Crippen LogP contribution < -0.4 is 5.32 Å². The molecule has 5 heteroatoms. The molecule has 0 bridgehead atoms. The van der Waals surface area contributed by atoms with Crippen LogP contribution in [0.15, 0.2) is 4.52 Å². The Hall–Kier alpha value is -1.39. The Kier molecular flexibility index (Phi) is 5.91. The second kappa shape index (κ2) is 8.53. The van der Waals surface area contributed by atoms with E-state index in [1.165, 1.54) is 44.9 Å². The van der Waals surface area contributed by atoms with Gasteiger partial charge in [-0.1, -0.05) is 50.1 Å². The van der Waals surface area contributed by atoms with Gasteiger partial charge in [0.1, 0.15) is 0 Å². The van der Waals surface area contributed by atoms with Crippen molar-refractivity contribution in [1.82, 2.24) is 15.5 Å². The molecule has 1 amide bonds. The van der Waals surface area contributed by atoms with Crippen LogP contribution >= 0.6 is 0 Å². The van der Waals surface area contributed by atoms with Crippen molar-refractivity contribution in [2.45, 2.75) is 102 Å². The minimum Gasteiger partial charge on any atom is -0.353 e. The predicted octanol–water partition coefficient (Wildman–Crippen LogP) is 4.53. The van der Waals surface area contributed by atoms with Crippen molar-refractivity contribution in [3.05, 3.63) is 11.7 Å². The van der Waals surface area contributed by atoms with Crippen molar-refractivity contribution in [3.8, 4) is 0 Å². The SMILES string of the molecule is O=C(NC1CCC(c2nc(CC3CCCCC3)no2)CC1)C1CCCC1. The lowest BCUT2D eigenvalue weighted by atomic mass is 9.85. The highest BCUT2D eigenvalue weighted by molar-refractivity contribution is 5.79. The Morgan fingerprint density at radius 3 is 2.35 bits per heavy atom. The van der Waals surface area contributed by atoms with Crippen LogP contribution in [0.25, 0.3) is 0 Å². The van der Waals surface area contributed by atoms with Crippen LogP contribution in [-0.4, -0.2) is 22.1 Å². The van der Waals surface area contributed by atoms with Gasteiger partial charge in [-0.2, -0.15) is 4.98 Å². The minimum atomic E-state index is 0.269. The third-order valence-electron chi connectivity index (χ3n) is 6.83. The maximum absolute atomic E-state index is 12.3. The number of rotatable bonds is 5. The van der Waals surface area contributed by atoms with E-state index in [9.17, 15) is 4.79 Å². The first-order valence-corrected chi connectivity index (χ1v) is 10.9. The van der Waals surface area contributed by atoms with Gasteiger partial charge < -0.3 is 9.84 Å². The van der Waals surface area contributed by atoms with E-state index in [-0.39, 0.29) is 5.92 Å². The third-order valence-corrected chi connectivity index (χ3v) is 6.83. The van der Waals surface area contributed by atoms with E-state index in [0.29, 0.717) is 17.9 Å². The number of nitrogens with one attached hydrogen (secondary N) is 1. The van der Waals surface area contributed by atoms with Gasteiger partial charge in [0.15, 0.2) is 5.82 Å². The number of hydrogen-bond donors (Lipinski definition) is 1. The Bertz CT molecular complexity index is 580. The molecule has 26 heavy (non-hydrogen) atoms. The van der Waals surface area contributed by atoms with Gasteiger partial charge in [0.05, 0.1) is 0 Å². The predicted molar refractivity (Wildman–Crippen MR) is 99.7 cm³/mol. The van der Waals surface area contributed by atoms with E-state index >= 15 is 0 Å². The van der Waals surface area contributed by atoms with Crippen LogP contribution in [0.1, 0.15) is 101 Å². The molecule has 0 aromatic carbocycles. The molecule has 1 aromatic rings. The molecular weight excluding hydrogens is 326 g/mol. The second-order valence-corrected chi connectivity index (χ2v) is 8.80. The first kappa shape index (κ1) is 18.0. The summed E-state index contributed by atoms with van der Waals surface area (Å²) in [4.78, 5) is 17.0. The lowest BCUT2D eigenvalue weighted by Gasteiger charge is -2.28. The van der Waals surface area contributed by atoms with Crippen molar-refractivity contribution in [2.75, 3.05) is 0 Å². The average Bonchev–Trinajstić information content (AvgIpc) is 3.35. The number of carbonyl (C=O) groups is 1. The van der Waals surface area contributed by atoms with Gasteiger partial charge in [0, 0.05) is 24.3 Å². The summed E-state index contributed by atoms with van der Waals surface area (Å²) in [6, 6.07) is 0.337. The zero-order valence-electron chi connectivity index (χ0n) is 15.9. The molecule has 0 spiro atoms. The standard InChI is InChI=1S/C21H33N3O2/c25-20(16-8-4-5-9-16)22-18-12-10-17(11-13-18)21-23-19(24-26-21)14-15-6-2-1-3-7-15/h15-18H,1-14H2,(H,22,25). The second-order valence-electron chi connectivity index (χ2n) is 8.80. The molecule has 1 heterocycles. The first-order valence-electron chi connectivity index (χ1n) is 10.9. The highest BCUT2D eigenvalue weighted by Crippen LogP contribution is 2.33. The Labute approximate surface area is 156 Å². The fourth-order valence-electron chi connectivity index (χ4n) is 5.16. The number of hydrogen-bond acceptors (Lipinski definition) is 4. The summed E-state index contributed by atoms with van der Waals surface area (Å²) in [5.74, 6) is 3.42. The maximum atomic E-state index is 12.3. The van der Waals surface area contributed by atoms with Crippen LogP contribution in [0.3, 0.4) is 0 Å². The van der Waals surface area contributed by atoms with E-state index in [2.05, 4.69) is 10.5 Å². The molecule has 3 fully saturated rings. The maximum Gasteiger partial charge on any atom is 0.229 e. The molecule has 0 saturated heterocycles. The summed E-state index contributed by atoms with van der Waals surface area (Å²) in [5.41, 5.74) is 0. The highest BCUT2D eigenvalue weighted by atomic mass is 16.5. The van der Waals surface area contributed by atoms with Gasteiger partial charge in [-0.3, -0.25) is 4.79 Å². The molecule has 3 saturated carbocycles. The fourth-order valence-corrected chi connectivity index (χ4v) is 5.16. The zero-order valence-corrected chi connectivity index (χ0v) is 15.9. The number of nitrogens with zero attached hydrogens (tertiary/aromatic N) is 2. The molecule has 1 N–H and O–H groups in total. The van der Waals surface area contributed by atoms with E-state index < -0.39 is 0 Å². The van der Waals surface area contributed by atoms with Gasteiger partial charge in [0.25, 0.3) is 0 Å². The number of aromatic nitrogens is 2. The molecule has 3 aliphatic rings. The van der Waals surface area contributed by atoms with Gasteiger partial charge in [-0.25, -0.2) is 0 Å². The lowest BCUT2D eigenvalue weighted by molar-refractivity contribution is -0.125. The van der Waals surface area contributed by atoms with Crippen molar-refractivity contribution < 1.29 is 9.32 Å². The van der Waals surface area contributed by atoms with Crippen LogP contribution in [0.2, 0.25) is 0 Å². The molecule has 4 rings (SSSR count). The van der Waals surface area contributed by atoms with Gasteiger partial charge in [0.2, 0.25) is 11.8 Å². The number of carbonyl (C=O) groups excluding carboxylic acids is 1. The Morgan fingerprint density at radius 2 is 1.62 bits per heavy atom. The van der Waals surface area contributed by atoms with Crippen LogP contribution in [-0.2, 0) is 11.2 Å². The Morgan fingerprint density at radius 1 is 0.923 bits per heavy atom. The molecule has 144 valence electrons. The summed E-state index contributed by atoms with van der Waals surface area (Å²) in [6.45, 7) is 0. The number of amides is 1. The van der Waals surface area contributed by atoms with E-state index in [0.717, 1.165) is 62.6 Å². The minimum absolute atomic E-state index is 0.269. The summed E-state index contributed by atoms with van der Waals surface area (Å²) in [7, 11) is 0. The van der Waals surface area contributed by atoms with E-state index in [1.54, 1.807) is 0 Å². The van der Waals surface area contributed by atoms with Crippen LogP contribution in [0, 0.1) is 11.8 Å². The van der Waals surface area contributed by atoms with Gasteiger partial charge in [-0.05, 0) is 44.4 Å². The zero-order chi connectivity index (χ0) is 17.8. The molecule has 0 aliphatic heterocycles. The molecule has 0 radical (unpaired) electrons. The molecule has 1 aromatic heterocycles. The van der Waals surface area contributed by atoms with Crippen molar-refractivity contribution in [2.24, 2.45) is 11.8 Å². The van der Waals surface area contributed by atoms with E-state index in [1.807, 2.05) is 0 Å². The van der Waals surface area contributed by atoms with Crippen molar-refractivity contribution >= 4 is 5.91 Å². The highest BCUT2D eigenvalue weighted by Gasteiger charge is 2.30. The quantitative estimate of drug-likeness (QED) is 0.839. The fraction of sp³-hybridized carbons (Fsp3) is 0.857.